The van der Waals surface area contributed by atoms with E-state index in [-0.39, 0.29) is 73.5 Å². The average Bonchev–Trinajstić information content (AvgIpc) is 1.57. The van der Waals surface area contributed by atoms with E-state index in [0.717, 1.165) is 83.6 Å². The maximum absolute atomic E-state index is 14.6. The Morgan fingerprint density at radius 2 is 0.831 bits per heavy atom. The summed E-state index contributed by atoms with van der Waals surface area (Å²) in [6.07, 6.45) is 9.99. The first-order chi connectivity index (χ1) is 72.0. The third-order valence-corrected chi connectivity index (χ3v) is 25.3. The number of furan rings is 1. The Morgan fingerprint density at radius 3 is 1.29 bits per heavy atom. The van der Waals surface area contributed by atoms with Crippen LogP contribution in [0.4, 0.5) is 26.3 Å². The maximum atomic E-state index is 14.6. The lowest BCUT2D eigenvalue weighted by atomic mass is 10.1. The smallest absolute Gasteiger partial charge is 0.290 e. The van der Waals surface area contributed by atoms with Gasteiger partial charge in [0, 0.05) is 92.7 Å². The van der Waals surface area contributed by atoms with Crippen LogP contribution in [0.1, 0.15) is 126 Å². The second-order valence-electron chi connectivity index (χ2n) is 33.7. The molecule has 736 valence electrons. The fraction of sp³-hybridized carbons (Fsp3) is 0.134. The van der Waals surface area contributed by atoms with Crippen LogP contribution in [0.3, 0.4) is 0 Å². The van der Waals surface area contributed by atoms with Gasteiger partial charge in [-0.15, -0.1) is 52.1 Å². The van der Waals surface area contributed by atoms with Gasteiger partial charge in [-0.25, -0.2) is 31.3 Å². The summed E-state index contributed by atoms with van der Waals surface area (Å²) in [6, 6.07) is 90.0. The molecule has 0 radical (unpaired) electrons. The van der Waals surface area contributed by atoms with Crippen LogP contribution in [-0.4, -0.2) is 128 Å². The SMILES string of the molecule is COc1ccc2oc(C(=O)N(Cc3ccc(F)cc3F)Cc3nncn3Cc3ccc(C#N)cc3)cc2c1.COc1ccccc1/C=C/C(=O)N(Cc1ccc(F)cc1F)Cc1nncn1Cc1ccc(C#N)cc1.N#Cc1ccc(Cn2cnnc2CN(CCc2ccc(Br)cc2)C(=O)c2ccc3ccccc3n2)cc1.N#Cc1ccc(Cn2cnnc2CN(Cc2ccc(F)cc2F)C(=O)c2cc3ccccc3s2)cc1. The van der Waals surface area contributed by atoms with Crippen molar-refractivity contribution in [2.24, 2.45) is 0 Å². The summed E-state index contributed by atoms with van der Waals surface area (Å²) in [5, 5.41) is 71.7. The van der Waals surface area contributed by atoms with E-state index in [2.05, 4.69) is 98.1 Å². The number of rotatable bonds is 32. The molecule has 7 heterocycles. The topological polar surface area (TPSA) is 344 Å². The fourth-order valence-electron chi connectivity index (χ4n) is 15.8. The fourth-order valence-corrected chi connectivity index (χ4v) is 17.1. The van der Waals surface area contributed by atoms with Crippen LogP contribution in [0.2, 0.25) is 0 Å². The van der Waals surface area contributed by atoms with E-state index in [1.165, 1.54) is 62.7 Å². The molecule has 0 N–H and O–H groups in total. The minimum Gasteiger partial charge on any atom is -0.497 e. The Bertz CT molecular complexity index is 8140. The third-order valence-electron chi connectivity index (χ3n) is 23.7. The van der Waals surface area contributed by atoms with E-state index in [1.54, 1.807) is 149 Å². The quantitative estimate of drug-likeness (QED) is 0.0279. The van der Waals surface area contributed by atoms with Crippen molar-refractivity contribution in [3.05, 3.63) is 474 Å². The minimum absolute atomic E-state index is 0.0215. The molecule has 0 fully saturated rings. The number of methoxy groups -OCH3 is 2. The van der Waals surface area contributed by atoms with Gasteiger partial charge in [0.2, 0.25) is 5.91 Å². The number of hydrogen-bond donors (Lipinski definition) is 0. The normalized spacial score (nSPS) is 10.9. The molecule has 0 saturated carbocycles. The molecule has 0 aliphatic carbocycles. The molecule has 12 aromatic carbocycles. The van der Waals surface area contributed by atoms with Gasteiger partial charge in [0.1, 0.15) is 83.0 Å². The molecular formula is C112H86BrF6N21O7S. The van der Waals surface area contributed by atoms with Crippen LogP contribution >= 0.6 is 27.3 Å². The number of pyridine rings is 1. The molecule has 4 amide bonds. The number of fused-ring (bicyclic) bond motifs is 3. The third kappa shape index (κ3) is 26.8. The highest BCUT2D eigenvalue weighted by molar-refractivity contribution is 9.10. The number of nitriles is 4. The zero-order valence-electron chi connectivity index (χ0n) is 79.2. The van der Waals surface area contributed by atoms with Crippen molar-refractivity contribution in [2.45, 2.75) is 78.4 Å². The number of para-hydroxylation sites is 2. The highest BCUT2D eigenvalue weighted by atomic mass is 79.9. The molecule has 0 atom stereocenters. The van der Waals surface area contributed by atoms with Gasteiger partial charge in [-0.1, -0.05) is 155 Å². The van der Waals surface area contributed by atoms with E-state index in [9.17, 15) is 45.5 Å². The maximum Gasteiger partial charge on any atom is 0.290 e. The van der Waals surface area contributed by atoms with Crippen LogP contribution in [0.5, 0.6) is 11.5 Å². The lowest BCUT2D eigenvalue weighted by molar-refractivity contribution is -0.127. The van der Waals surface area contributed by atoms with Crippen molar-refractivity contribution in [3.63, 3.8) is 0 Å². The number of halogens is 7. The zero-order valence-corrected chi connectivity index (χ0v) is 81.6. The molecule has 19 rings (SSSR count). The van der Waals surface area contributed by atoms with Gasteiger partial charge in [-0.2, -0.15) is 21.0 Å². The van der Waals surface area contributed by atoms with E-state index in [1.807, 2.05) is 138 Å². The first kappa shape index (κ1) is 102. The highest BCUT2D eigenvalue weighted by Gasteiger charge is 2.29. The summed E-state index contributed by atoms with van der Waals surface area (Å²) in [7, 11) is 3.08. The van der Waals surface area contributed by atoms with E-state index >= 15 is 0 Å². The summed E-state index contributed by atoms with van der Waals surface area (Å²) < 4.78 is 110. The molecule has 0 bridgehead atoms. The van der Waals surface area contributed by atoms with Crippen LogP contribution in [-0.2, 0) is 83.2 Å². The van der Waals surface area contributed by atoms with E-state index in [4.69, 9.17) is 34.9 Å². The number of benzene rings is 12. The van der Waals surface area contributed by atoms with Gasteiger partial charge in [-0.3, -0.25) is 19.2 Å². The van der Waals surface area contributed by atoms with Gasteiger partial charge in [0.15, 0.2) is 29.1 Å². The predicted molar refractivity (Wildman–Crippen MR) is 543 cm³/mol. The first-order valence-electron chi connectivity index (χ1n) is 45.9. The number of hydrogen-bond acceptors (Lipinski definition) is 21. The van der Waals surface area contributed by atoms with E-state index < -0.39 is 46.7 Å². The first-order valence-corrected chi connectivity index (χ1v) is 47.5. The number of carbonyl (C=O) groups excluding carboxylic acids is 4. The largest absolute Gasteiger partial charge is 0.497 e. The molecule has 28 nitrogen and oxygen atoms in total. The van der Waals surface area contributed by atoms with Gasteiger partial charge in [0.05, 0.1) is 124 Å². The summed E-state index contributed by atoms with van der Waals surface area (Å²) in [4.78, 5) is 65.4. The van der Waals surface area contributed by atoms with Crippen LogP contribution in [0, 0.1) is 80.2 Å². The van der Waals surface area contributed by atoms with Crippen LogP contribution in [0.25, 0.3) is 38.0 Å². The van der Waals surface area contributed by atoms with Crippen molar-refractivity contribution in [2.75, 3.05) is 20.8 Å². The molecule has 0 spiro atoms. The average molecular weight is 2060 g/mol. The number of amides is 4. The van der Waals surface area contributed by atoms with Gasteiger partial charge in [-0.05, 0) is 179 Å². The summed E-state index contributed by atoms with van der Waals surface area (Å²) in [5.74, 6) is -2.29. The number of ether oxygens (including phenoxy) is 2. The lowest BCUT2D eigenvalue weighted by Crippen LogP contribution is -2.34. The molecule has 0 aliphatic rings. The Hall–Kier alpha value is -18.6. The molecule has 0 aliphatic heterocycles. The molecule has 0 saturated heterocycles. The zero-order chi connectivity index (χ0) is 104. The van der Waals surface area contributed by atoms with Crippen LogP contribution in [0.15, 0.2) is 331 Å². The molecule has 36 heteroatoms. The monoisotopic (exact) mass is 2060 g/mol. The Kier molecular flexibility index (Phi) is 33.8. The van der Waals surface area contributed by atoms with Crippen molar-refractivity contribution < 1.29 is 59.4 Å². The van der Waals surface area contributed by atoms with Gasteiger partial charge >= 0.3 is 0 Å². The number of nitrogens with zero attached hydrogens (tertiary/aromatic N) is 21. The Labute approximate surface area is 856 Å². The molecule has 0 unspecified atom stereocenters. The summed E-state index contributed by atoms with van der Waals surface area (Å²) in [6.45, 7) is 2.32. The second kappa shape index (κ2) is 48.9. The molecule has 7 aromatic heterocycles. The van der Waals surface area contributed by atoms with Crippen LogP contribution < -0.4 is 9.47 Å². The number of carbonyl (C=O) groups is 4. The minimum atomic E-state index is -0.767. The molecule has 19 aromatic rings. The lowest BCUT2D eigenvalue weighted by Gasteiger charge is -2.22. The summed E-state index contributed by atoms with van der Waals surface area (Å²) >= 11 is 4.83. The molecular weight excluding hydrogens is 1980 g/mol. The Balaban J connectivity index is 0.000000141. The van der Waals surface area contributed by atoms with Gasteiger partial charge in [0.25, 0.3) is 17.7 Å². The van der Waals surface area contributed by atoms with Crippen molar-refractivity contribution >= 4 is 88.9 Å². The van der Waals surface area contributed by atoms with Crippen molar-refractivity contribution in [1.29, 1.82) is 21.0 Å². The van der Waals surface area contributed by atoms with Crippen molar-refractivity contribution in [1.82, 2.24) is 83.6 Å². The predicted octanol–water partition coefficient (Wildman–Crippen LogP) is 20.7. The number of thiophene rings is 1. The number of aromatic nitrogens is 13. The van der Waals surface area contributed by atoms with E-state index in [0.29, 0.717) is 130 Å². The summed E-state index contributed by atoms with van der Waals surface area (Å²) in [5.41, 5.74) is 10.0. The standard InChI is InChI=1S/C29H23BrN6O.C28H21F2N5O3.C28H23F2N5O2.C27H19F2N5OS/c30-25-12-9-21(10-13-25)15-16-35(29(37)27-14-11-24-3-1-2-4-26(24)33-27)19-28-34-32-20-36(28)18-23-7-5-22(17-31)6-8-23;1-37-23-8-9-25-21(10-23)11-26(38-25)28(36)34(15-20-6-7-22(29)12-24(20)30)16-27-33-32-17-35(27)14-19-4-2-18(13-31)3-5-19;1-37-26-5-3-2-4-22(26)11-13-28(36)34(17-23-10-12-24(29)14-25(23)30)18-27-33-32-19-35(27)16-21-8-6-20(15-31)7-9-21;28-22-10-9-21(23(29)12-22)15-33(27(35)25-11-20-3-1-2-4-24(20)36-25)16-26-32-31-17-34(26)14-19-7-5-18(13-30)6-8-19/h1-14,20H,15-16,18-19H2;2-12,17H,14-16H2,1H3;2-14,19H,16-18H2,1H3;1-12,17H,14-16H2/b;;13-11+;. The van der Waals surface area contributed by atoms with Crippen molar-refractivity contribution in [3.8, 4) is 35.8 Å². The highest BCUT2D eigenvalue weighted by Crippen LogP contribution is 2.32. The Morgan fingerprint density at radius 1 is 0.405 bits per heavy atom. The second-order valence-corrected chi connectivity index (χ2v) is 35.7. The molecule has 148 heavy (non-hydrogen) atoms. The van der Waals surface area contributed by atoms with Gasteiger partial charge < -0.3 is 51.8 Å².